The van der Waals surface area contributed by atoms with Crippen LogP contribution in [-0.2, 0) is 4.79 Å². The van der Waals surface area contributed by atoms with Crippen molar-refractivity contribution in [3.63, 3.8) is 0 Å². The highest BCUT2D eigenvalue weighted by Gasteiger charge is 1.96. The second kappa shape index (κ2) is 4.78. The molecule has 1 unspecified atom stereocenters. The van der Waals surface area contributed by atoms with E-state index in [1.165, 1.54) is 0 Å². The van der Waals surface area contributed by atoms with Gasteiger partial charge in [-0.2, -0.15) is 0 Å². The molecule has 8 heavy (non-hydrogen) atoms. The Labute approximate surface area is 49.5 Å². The molecule has 2 nitrogen and oxygen atoms in total. The van der Waals surface area contributed by atoms with Crippen molar-refractivity contribution in [1.29, 1.82) is 0 Å². The van der Waals surface area contributed by atoms with E-state index in [9.17, 15) is 4.79 Å². The predicted molar refractivity (Wildman–Crippen MR) is 31.3 cm³/mol. The minimum Gasteiger partial charge on any atom is -0.393 e. The summed E-state index contributed by atoms with van der Waals surface area (Å²) in [6.07, 6.45) is 1.90. The second-order valence-corrected chi connectivity index (χ2v) is 1.69. The molecular weight excluding hydrogens is 104 g/mol. The standard InChI is InChI=1S/C6H11O2/c1-2-6(8)4-3-5-7/h5-6,8H,1-4H2. The largest absolute Gasteiger partial charge is 0.393 e. The first-order chi connectivity index (χ1) is 3.81. The smallest absolute Gasteiger partial charge is 0.120 e. The number of carbonyl (C=O) groups is 1. The van der Waals surface area contributed by atoms with Crippen LogP contribution in [-0.4, -0.2) is 17.5 Å². The zero-order valence-electron chi connectivity index (χ0n) is 4.84. The summed E-state index contributed by atoms with van der Waals surface area (Å²) < 4.78 is 0. The molecule has 0 amide bonds. The topological polar surface area (TPSA) is 37.3 Å². The average Bonchev–Trinajstić information content (AvgIpc) is 1.83. The minimum absolute atomic E-state index is 0.389. The molecule has 2 heteroatoms. The molecule has 0 spiro atoms. The summed E-state index contributed by atoms with van der Waals surface area (Å²) in [6, 6.07) is 0. The molecule has 0 bridgehead atoms. The zero-order chi connectivity index (χ0) is 6.41. The van der Waals surface area contributed by atoms with E-state index in [-0.39, 0.29) is 6.10 Å². The van der Waals surface area contributed by atoms with Crippen molar-refractivity contribution in [2.75, 3.05) is 0 Å². The van der Waals surface area contributed by atoms with Gasteiger partial charge in [0.2, 0.25) is 0 Å². The SMILES string of the molecule is [CH2]CC(O)CCC=O. The average molecular weight is 115 g/mol. The third-order valence-electron chi connectivity index (χ3n) is 0.951. The van der Waals surface area contributed by atoms with Gasteiger partial charge in [-0.05, 0) is 12.8 Å². The molecular formula is C6H11O2. The predicted octanol–water partition coefficient (Wildman–Crippen LogP) is 0.551. The van der Waals surface area contributed by atoms with Gasteiger partial charge in [0.25, 0.3) is 0 Å². The first-order valence-electron chi connectivity index (χ1n) is 2.72. The molecule has 0 aliphatic rings. The molecule has 0 aromatic carbocycles. The lowest BCUT2D eigenvalue weighted by Crippen LogP contribution is -2.03. The highest BCUT2D eigenvalue weighted by atomic mass is 16.3. The Bertz CT molecular complexity index is 61.5. The van der Waals surface area contributed by atoms with Crippen LogP contribution in [0.25, 0.3) is 0 Å². The van der Waals surface area contributed by atoms with Crippen molar-refractivity contribution >= 4 is 6.29 Å². The molecule has 0 saturated carbocycles. The Morgan fingerprint density at radius 1 is 1.75 bits per heavy atom. The summed E-state index contributed by atoms with van der Waals surface area (Å²) in [7, 11) is 0. The molecule has 0 fully saturated rings. The van der Waals surface area contributed by atoms with Crippen molar-refractivity contribution < 1.29 is 9.90 Å². The normalized spacial score (nSPS) is 13.2. The highest BCUT2D eigenvalue weighted by Crippen LogP contribution is 1.97. The summed E-state index contributed by atoms with van der Waals surface area (Å²) in [5, 5.41) is 8.77. The Morgan fingerprint density at radius 3 is 2.75 bits per heavy atom. The second-order valence-electron chi connectivity index (χ2n) is 1.69. The van der Waals surface area contributed by atoms with Crippen molar-refractivity contribution in [2.24, 2.45) is 0 Å². The monoisotopic (exact) mass is 115 g/mol. The zero-order valence-corrected chi connectivity index (χ0v) is 4.84. The Hall–Kier alpha value is -0.370. The van der Waals surface area contributed by atoms with E-state index >= 15 is 0 Å². The van der Waals surface area contributed by atoms with Gasteiger partial charge in [0.05, 0.1) is 6.10 Å². The molecule has 0 rings (SSSR count). The van der Waals surface area contributed by atoms with Crippen LogP contribution in [0.5, 0.6) is 0 Å². The van der Waals surface area contributed by atoms with Crippen molar-refractivity contribution in [2.45, 2.75) is 25.4 Å². The highest BCUT2D eigenvalue weighted by molar-refractivity contribution is 5.49. The molecule has 0 aliphatic carbocycles. The van der Waals surface area contributed by atoms with Gasteiger partial charge >= 0.3 is 0 Å². The van der Waals surface area contributed by atoms with Gasteiger partial charge in [-0.25, -0.2) is 0 Å². The van der Waals surface area contributed by atoms with Crippen molar-refractivity contribution in [1.82, 2.24) is 0 Å². The fourth-order valence-corrected chi connectivity index (χ4v) is 0.405. The molecule has 0 aromatic rings. The van der Waals surface area contributed by atoms with Gasteiger partial charge < -0.3 is 9.90 Å². The third kappa shape index (κ3) is 3.81. The van der Waals surface area contributed by atoms with Crippen LogP contribution in [0.1, 0.15) is 19.3 Å². The molecule has 0 heterocycles. The molecule has 0 aliphatic heterocycles. The Kier molecular flexibility index (Phi) is 4.56. The van der Waals surface area contributed by atoms with Crippen LogP contribution < -0.4 is 0 Å². The van der Waals surface area contributed by atoms with Crippen molar-refractivity contribution in [3.8, 4) is 0 Å². The molecule has 1 radical (unpaired) electrons. The summed E-state index contributed by atoms with van der Waals surface area (Å²) >= 11 is 0. The Balaban J connectivity index is 2.97. The first kappa shape index (κ1) is 7.63. The van der Waals surface area contributed by atoms with E-state index in [4.69, 9.17) is 5.11 Å². The maximum Gasteiger partial charge on any atom is 0.120 e. The number of hydrogen-bond donors (Lipinski definition) is 1. The van der Waals surface area contributed by atoms with Crippen LogP contribution in [0.3, 0.4) is 0 Å². The summed E-state index contributed by atoms with van der Waals surface area (Å²) in [6.45, 7) is 3.47. The van der Waals surface area contributed by atoms with Gasteiger partial charge in [-0.1, -0.05) is 6.92 Å². The maximum atomic E-state index is 9.69. The fraction of sp³-hybridized carbons (Fsp3) is 0.667. The van der Waals surface area contributed by atoms with Gasteiger partial charge in [-0.15, -0.1) is 0 Å². The van der Waals surface area contributed by atoms with Gasteiger partial charge in [0.15, 0.2) is 0 Å². The summed E-state index contributed by atoms with van der Waals surface area (Å²) in [4.78, 5) is 9.69. The number of aldehydes is 1. The maximum absolute atomic E-state index is 9.69. The first-order valence-corrected chi connectivity index (χ1v) is 2.72. The number of carbonyl (C=O) groups excluding carboxylic acids is 1. The molecule has 0 aromatic heterocycles. The van der Waals surface area contributed by atoms with E-state index in [0.717, 1.165) is 6.29 Å². The van der Waals surface area contributed by atoms with E-state index in [2.05, 4.69) is 6.92 Å². The van der Waals surface area contributed by atoms with Crippen LogP contribution in [0, 0.1) is 6.92 Å². The van der Waals surface area contributed by atoms with Crippen LogP contribution >= 0.6 is 0 Å². The van der Waals surface area contributed by atoms with Crippen LogP contribution in [0.4, 0.5) is 0 Å². The van der Waals surface area contributed by atoms with E-state index < -0.39 is 0 Å². The number of rotatable bonds is 4. The minimum atomic E-state index is -0.389. The lowest BCUT2D eigenvalue weighted by Gasteiger charge is -2.01. The van der Waals surface area contributed by atoms with Gasteiger partial charge in [0.1, 0.15) is 6.29 Å². The number of aliphatic hydroxyl groups is 1. The summed E-state index contributed by atoms with van der Waals surface area (Å²) in [5.74, 6) is 0. The summed E-state index contributed by atoms with van der Waals surface area (Å²) in [5.41, 5.74) is 0. The molecule has 1 atom stereocenters. The van der Waals surface area contributed by atoms with Crippen LogP contribution in [0.2, 0.25) is 0 Å². The van der Waals surface area contributed by atoms with Crippen LogP contribution in [0.15, 0.2) is 0 Å². The Morgan fingerprint density at radius 2 is 2.38 bits per heavy atom. The van der Waals surface area contributed by atoms with E-state index in [1.54, 1.807) is 0 Å². The van der Waals surface area contributed by atoms with E-state index in [0.29, 0.717) is 19.3 Å². The third-order valence-corrected chi connectivity index (χ3v) is 0.951. The number of aliphatic hydroxyl groups excluding tert-OH is 1. The molecule has 47 valence electrons. The molecule has 1 N–H and O–H groups in total. The fourth-order valence-electron chi connectivity index (χ4n) is 0.405. The molecule has 0 saturated heterocycles. The van der Waals surface area contributed by atoms with E-state index in [1.807, 2.05) is 0 Å². The number of hydrogen-bond acceptors (Lipinski definition) is 2. The van der Waals surface area contributed by atoms with Gasteiger partial charge in [-0.3, -0.25) is 0 Å². The quantitative estimate of drug-likeness (QED) is 0.543. The van der Waals surface area contributed by atoms with Gasteiger partial charge in [0, 0.05) is 6.42 Å². The lowest BCUT2D eigenvalue weighted by atomic mass is 10.2. The van der Waals surface area contributed by atoms with Crippen molar-refractivity contribution in [3.05, 3.63) is 6.92 Å². The lowest BCUT2D eigenvalue weighted by molar-refractivity contribution is -0.108.